The summed E-state index contributed by atoms with van der Waals surface area (Å²) in [7, 11) is 5.77. The Labute approximate surface area is 150 Å². The van der Waals surface area contributed by atoms with Crippen LogP contribution in [-0.4, -0.2) is 47.9 Å². The molecule has 0 amide bonds. The highest BCUT2D eigenvalue weighted by atomic mass is 16.5. The smallest absolute Gasteiger partial charge is 0.193 e. The zero-order valence-corrected chi connectivity index (χ0v) is 16.1. The molecule has 0 aliphatic carbocycles. The number of guanidine groups is 1. The number of hydrogen-bond acceptors (Lipinski definition) is 3. The van der Waals surface area contributed by atoms with Crippen molar-refractivity contribution >= 4 is 5.96 Å². The fourth-order valence-electron chi connectivity index (χ4n) is 2.67. The third kappa shape index (κ3) is 4.98. The average molecular weight is 343 g/mol. The Balaban J connectivity index is 1.84. The van der Waals surface area contributed by atoms with Crippen molar-refractivity contribution in [2.45, 2.75) is 27.3 Å². The second-order valence-corrected chi connectivity index (χ2v) is 6.26. The lowest BCUT2D eigenvalue weighted by Gasteiger charge is -2.22. The molecule has 2 rings (SSSR count). The topological polar surface area (TPSA) is 54.7 Å². The molecule has 6 nitrogen and oxygen atoms in total. The predicted octanol–water partition coefficient (Wildman–Crippen LogP) is 2.43. The number of aliphatic imine (C=N–C) groups is 1. The van der Waals surface area contributed by atoms with E-state index in [1.807, 2.05) is 37.8 Å². The predicted molar refractivity (Wildman–Crippen MR) is 102 cm³/mol. The SMILES string of the molecule is CN=C(NCc1c(C)nn(C)c1C)N(C)CCOc1ccc(C)cc1. The van der Waals surface area contributed by atoms with E-state index < -0.39 is 0 Å². The minimum Gasteiger partial charge on any atom is -0.492 e. The molecule has 25 heavy (non-hydrogen) atoms. The number of hydrogen-bond donors (Lipinski definition) is 1. The van der Waals surface area contributed by atoms with Gasteiger partial charge in [-0.05, 0) is 32.9 Å². The van der Waals surface area contributed by atoms with Crippen molar-refractivity contribution in [2.24, 2.45) is 12.0 Å². The summed E-state index contributed by atoms with van der Waals surface area (Å²) in [5.74, 6) is 1.73. The Bertz CT molecular complexity index is 718. The molecule has 1 heterocycles. The molecule has 0 bridgehead atoms. The summed E-state index contributed by atoms with van der Waals surface area (Å²) in [5.41, 5.74) is 4.67. The van der Waals surface area contributed by atoms with Crippen molar-refractivity contribution < 1.29 is 4.74 Å². The molecule has 0 spiro atoms. The molecular weight excluding hydrogens is 314 g/mol. The molecule has 0 saturated carbocycles. The van der Waals surface area contributed by atoms with Crippen LogP contribution in [-0.2, 0) is 13.6 Å². The first-order valence-electron chi connectivity index (χ1n) is 8.52. The quantitative estimate of drug-likeness (QED) is 0.646. The average Bonchev–Trinajstić information content (AvgIpc) is 2.83. The van der Waals surface area contributed by atoms with Gasteiger partial charge in [-0.1, -0.05) is 17.7 Å². The van der Waals surface area contributed by atoms with E-state index in [9.17, 15) is 0 Å². The van der Waals surface area contributed by atoms with Crippen LogP contribution in [0.2, 0.25) is 0 Å². The molecule has 1 N–H and O–H groups in total. The Kier molecular flexibility index (Phi) is 6.44. The van der Waals surface area contributed by atoms with E-state index in [-0.39, 0.29) is 0 Å². The molecule has 0 atom stereocenters. The maximum absolute atomic E-state index is 5.79. The van der Waals surface area contributed by atoms with Crippen molar-refractivity contribution in [3.05, 3.63) is 46.8 Å². The van der Waals surface area contributed by atoms with Gasteiger partial charge in [-0.2, -0.15) is 5.10 Å². The highest BCUT2D eigenvalue weighted by Crippen LogP contribution is 2.12. The first kappa shape index (κ1) is 18.8. The molecule has 0 aliphatic rings. The third-order valence-corrected chi connectivity index (χ3v) is 4.37. The van der Waals surface area contributed by atoms with Crippen molar-refractivity contribution in [1.82, 2.24) is 20.0 Å². The van der Waals surface area contributed by atoms with Crippen LogP contribution in [0.25, 0.3) is 0 Å². The van der Waals surface area contributed by atoms with Gasteiger partial charge < -0.3 is 15.0 Å². The number of aryl methyl sites for hydroxylation is 3. The number of rotatable bonds is 6. The Morgan fingerprint density at radius 1 is 1.24 bits per heavy atom. The molecule has 1 aromatic heterocycles. The minimum absolute atomic E-state index is 0.602. The molecule has 136 valence electrons. The van der Waals surface area contributed by atoms with Crippen molar-refractivity contribution in [3.8, 4) is 5.75 Å². The van der Waals surface area contributed by atoms with E-state index in [1.165, 1.54) is 16.8 Å². The van der Waals surface area contributed by atoms with Crippen molar-refractivity contribution in [1.29, 1.82) is 0 Å². The van der Waals surface area contributed by atoms with Crippen LogP contribution >= 0.6 is 0 Å². The highest BCUT2D eigenvalue weighted by Gasteiger charge is 2.11. The number of nitrogens with zero attached hydrogens (tertiary/aromatic N) is 4. The van der Waals surface area contributed by atoms with Gasteiger partial charge in [0.25, 0.3) is 0 Å². The van der Waals surface area contributed by atoms with E-state index in [4.69, 9.17) is 4.74 Å². The lowest BCUT2D eigenvalue weighted by atomic mass is 10.2. The molecule has 0 unspecified atom stereocenters. The molecule has 0 saturated heterocycles. The van der Waals surface area contributed by atoms with Crippen LogP contribution in [0.3, 0.4) is 0 Å². The Hall–Kier alpha value is -2.50. The number of ether oxygens (including phenoxy) is 1. The fraction of sp³-hybridized carbons (Fsp3) is 0.474. The van der Waals surface area contributed by atoms with Crippen molar-refractivity contribution in [2.75, 3.05) is 27.2 Å². The standard InChI is InChI=1S/C19H29N5O/c1-14-7-9-17(10-8-14)25-12-11-23(5)19(20-4)21-13-18-15(2)22-24(6)16(18)3/h7-10H,11-13H2,1-6H3,(H,20,21). The van der Waals surface area contributed by atoms with Crippen LogP contribution in [0.5, 0.6) is 5.75 Å². The highest BCUT2D eigenvalue weighted by molar-refractivity contribution is 5.79. The third-order valence-electron chi connectivity index (χ3n) is 4.37. The fourth-order valence-corrected chi connectivity index (χ4v) is 2.67. The number of benzene rings is 1. The Morgan fingerprint density at radius 2 is 1.92 bits per heavy atom. The van der Waals surface area contributed by atoms with E-state index in [0.29, 0.717) is 13.2 Å². The van der Waals surface area contributed by atoms with Gasteiger partial charge in [0, 0.05) is 38.9 Å². The maximum Gasteiger partial charge on any atom is 0.193 e. The summed E-state index contributed by atoms with van der Waals surface area (Å²) < 4.78 is 7.70. The van der Waals surface area contributed by atoms with E-state index >= 15 is 0 Å². The van der Waals surface area contributed by atoms with E-state index in [1.54, 1.807) is 7.05 Å². The molecule has 6 heteroatoms. The van der Waals surface area contributed by atoms with Crippen LogP contribution < -0.4 is 10.1 Å². The number of likely N-dealkylation sites (N-methyl/N-ethyl adjacent to an activating group) is 1. The molecule has 2 aromatic rings. The number of aromatic nitrogens is 2. The van der Waals surface area contributed by atoms with Crippen LogP contribution in [0, 0.1) is 20.8 Å². The van der Waals surface area contributed by atoms with Gasteiger partial charge in [0.15, 0.2) is 5.96 Å². The molecule has 0 aliphatic heterocycles. The summed E-state index contributed by atoms with van der Waals surface area (Å²) in [6.07, 6.45) is 0. The monoisotopic (exact) mass is 343 g/mol. The normalized spacial score (nSPS) is 11.5. The number of nitrogens with one attached hydrogen (secondary N) is 1. The second-order valence-electron chi connectivity index (χ2n) is 6.26. The molecule has 0 fully saturated rings. The Morgan fingerprint density at radius 3 is 2.48 bits per heavy atom. The lowest BCUT2D eigenvalue weighted by molar-refractivity contribution is 0.281. The van der Waals surface area contributed by atoms with Gasteiger partial charge in [-0.25, -0.2) is 0 Å². The summed E-state index contributed by atoms with van der Waals surface area (Å²) in [6.45, 7) is 8.24. The lowest BCUT2D eigenvalue weighted by Crippen LogP contribution is -2.40. The first-order valence-corrected chi connectivity index (χ1v) is 8.52. The largest absolute Gasteiger partial charge is 0.492 e. The molecule has 1 aromatic carbocycles. The van der Waals surface area contributed by atoms with E-state index in [2.05, 4.69) is 46.3 Å². The van der Waals surface area contributed by atoms with Gasteiger partial charge in [0.05, 0.1) is 12.2 Å². The summed E-state index contributed by atoms with van der Waals surface area (Å²) in [5, 5.41) is 7.86. The maximum atomic E-state index is 5.79. The minimum atomic E-state index is 0.602. The van der Waals surface area contributed by atoms with Gasteiger partial charge in [-0.3, -0.25) is 9.67 Å². The van der Waals surface area contributed by atoms with Gasteiger partial charge >= 0.3 is 0 Å². The van der Waals surface area contributed by atoms with Gasteiger partial charge in [0.2, 0.25) is 0 Å². The first-order chi connectivity index (χ1) is 11.9. The summed E-state index contributed by atoms with van der Waals surface area (Å²) in [6, 6.07) is 8.10. The van der Waals surface area contributed by atoms with Crippen molar-refractivity contribution in [3.63, 3.8) is 0 Å². The summed E-state index contributed by atoms with van der Waals surface area (Å²) >= 11 is 0. The zero-order valence-electron chi connectivity index (χ0n) is 16.1. The molecular formula is C19H29N5O. The van der Waals surface area contributed by atoms with E-state index in [0.717, 1.165) is 23.9 Å². The zero-order chi connectivity index (χ0) is 18.4. The van der Waals surface area contributed by atoms with Crippen LogP contribution in [0.15, 0.2) is 29.3 Å². The second kappa shape index (κ2) is 8.55. The molecule has 0 radical (unpaired) electrons. The summed E-state index contributed by atoms with van der Waals surface area (Å²) in [4.78, 5) is 6.42. The van der Waals surface area contributed by atoms with Crippen LogP contribution in [0.1, 0.15) is 22.5 Å². The van der Waals surface area contributed by atoms with Crippen LogP contribution in [0.4, 0.5) is 0 Å². The van der Waals surface area contributed by atoms with Gasteiger partial charge in [0.1, 0.15) is 12.4 Å². The van der Waals surface area contributed by atoms with Gasteiger partial charge in [-0.15, -0.1) is 0 Å².